The van der Waals surface area contributed by atoms with Gasteiger partial charge in [-0.1, -0.05) is 23.9 Å². The second-order valence-electron chi connectivity index (χ2n) is 5.64. The van der Waals surface area contributed by atoms with Crippen molar-refractivity contribution in [1.29, 1.82) is 0 Å². The summed E-state index contributed by atoms with van der Waals surface area (Å²) in [4.78, 5) is 13.7. The highest BCUT2D eigenvalue weighted by Crippen LogP contribution is 2.40. The first-order chi connectivity index (χ1) is 12.4. The summed E-state index contributed by atoms with van der Waals surface area (Å²) in [6.45, 7) is 0. The van der Waals surface area contributed by atoms with Crippen molar-refractivity contribution in [2.24, 2.45) is 0 Å². The maximum atomic E-state index is 12.4. The van der Waals surface area contributed by atoms with E-state index in [4.69, 9.17) is 8.97 Å². The van der Waals surface area contributed by atoms with E-state index in [1.165, 1.54) is 23.9 Å². The van der Waals surface area contributed by atoms with Crippen molar-refractivity contribution >= 4 is 33.7 Å². The summed E-state index contributed by atoms with van der Waals surface area (Å²) in [5, 5.41) is 0. The number of benzene rings is 2. The highest BCUT2D eigenvalue weighted by Gasteiger charge is 2.25. The average molecular weight is 384 g/mol. The molecule has 26 heavy (non-hydrogen) atoms. The van der Waals surface area contributed by atoms with E-state index in [1.54, 1.807) is 36.4 Å². The average Bonchev–Trinajstić information content (AvgIpc) is 3.20. The van der Waals surface area contributed by atoms with Gasteiger partial charge in [-0.15, -0.1) is 0 Å². The molecule has 0 aliphatic carbocycles. The Kier molecular flexibility index (Phi) is 4.07. The van der Waals surface area contributed by atoms with Crippen LogP contribution in [0, 0.1) is 0 Å². The van der Waals surface area contributed by atoms with Crippen LogP contribution in [0.5, 0.6) is 0 Å². The molecular weight excluding hydrogens is 372 g/mol. The second kappa shape index (κ2) is 6.28. The molecule has 1 N–H and O–H groups in total. The number of hydrogen-bond donors (Lipinski definition) is 1. The van der Waals surface area contributed by atoms with Gasteiger partial charge in [-0.3, -0.25) is 9.35 Å². The van der Waals surface area contributed by atoms with Crippen LogP contribution in [-0.4, -0.2) is 18.8 Å². The van der Waals surface area contributed by atoms with Gasteiger partial charge in [-0.05, 0) is 54.6 Å². The lowest BCUT2D eigenvalue weighted by Crippen LogP contribution is -1.97. The number of ketones is 1. The zero-order valence-electron chi connectivity index (χ0n) is 13.2. The van der Waals surface area contributed by atoms with Crippen LogP contribution in [0.2, 0.25) is 0 Å². The lowest BCUT2D eigenvalue weighted by Gasteiger charge is -1.99. The van der Waals surface area contributed by atoms with Crippen molar-refractivity contribution in [2.75, 3.05) is 0 Å². The van der Waals surface area contributed by atoms with Crippen molar-refractivity contribution in [1.82, 2.24) is 0 Å². The highest BCUT2D eigenvalue weighted by molar-refractivity contribution is 8.04. The van der Waals surface area contributed by atoms with Gasteiger partial charge in [0.2, 0.25) is 5.78 Å². The van der Waals surface area contributed by atoms with Crippen LogP contribution < -0.4 is 0 Å². The molecule has 1 aliphatic rings. The zero-order valence-corrected chi connectivity index (χ0v) is 14.9. The fourth-order valence-corrected chi connectivity index (χ4v) is 4.15. The Bertz CT molecular complexity index is 1140. The molecule has 0 radical (unpaired) electrons. The van der Waals surface area contributed by atoms with E-state index in [1.807, 2.05) is 18.2 Å². The fourth-order valence-electron chi connectivity index (χ4n) is 2.64. The first-order valence-corrected chi connectivity index (χ1v) is 9.88. The summed E-state index contributed by atoms with van der Waals surface area (Å²) in [5.41, 5.74) is 1.35. The molecular formula is C19H12O5S2. The predicted molar refractivity (Wildman–Crippen MR) is 98.6 cm³/mol. The summed E-state index contributed by atoms with van der Waals surface area (Å²) in [6.07, 6.45) is 1.70. The molecule has 5 nitrogen and oxygen atoms in total. The maximum absolute atomic E-state index is 12.4. The Balaban J connectivity index is 1.61. The number of furan rings is 1. The molecule has 2 heterocycles. The maximum Gasteiger partial charge on any atom is 0.294 e. The van der Waals surface area contributed by atoms with Crippen molar-refractivity contribution < 1.29 is 22.2 Å². The molecule has 0 saturated heterocycles. The molecule has 0 bridgehead atoms. The van der Waals surface area contributed by atoms with Crippen molar-refractivity contribution in [3.8, 4) is 11.3 Å². The third-order valence-electron chi connectivity index (χ3n) is 3.91. The molecule has 130 valence electrons. The van der Waals surface area contributed by atoms with Crippen LogP contribution in [0.25, 0.3) is 17.4 Å². The summed E-state index contributed by atoms with van der Waals surface area (Å²) in [6, 6.07) is 16.6. The minimum Gasteiger partial charge on any atom is -0.457 e. The largest absolute Gasteiger partial charge is 0.457 e. The Hall–Kier alpha value is -2.61. The van der Waals surface area contributed by atoms with E-state index in [9.17, 15) is 13.2 Å². The van der Waals surface area contributed by atoms with Gasteiger partial charge in [-0.25, -0.2) is 0 Å². The molecule has 0 fully saturated rings. The van der Waals surface area contributed by atoms with E-state index in [0.29, 0.717) is 27.6 Å². The minimum atomic E-state index is -4.22. The van der Waals surface area contributed by atoms with E-state index < -0.39 is 10.1 Å². The topological polar surface area (TPSA) is 84.6 Å². The van der Waals surface area contributed by atoms with Gasteiger partial charge in [0.1, 0.15) is 11.5 Å². The molecule has 0 amide bonds. The summed E-state index contributed by atoms with van der Waals surface area (Å²) < 4.78 is 37.0. The summed E-state index contributed by atoms with van der Waals surface area (Å²) >= 11 is 1.41. The van der Waals surface area contributed by atoms with E-state index in [2.05, 4.69) is 0 Å². The third kappa shape index (κ3) is 3.12. The third-order valence-corrected chi connectivity index (χ3v) is 5.88. The molecule has 3 aromatic rings. The Labute approximate surface area is 154 Å². The van der Waals surface area contributed by atoms with Crippen LogP contribution >= 0.6 is 11.8 Å². The van der Waals surface area contributed by atoms with Gasteiger partial charge in [0.25, 0.3) is 10.1 Å². The monoisotopic (exact) mass is 384 g/mol. The normalized spacial score (nSPS) is 15.4. The quantitative estimate of drug-likeness (QED) is 0.528. The summed E-state index contributed by atoms with van der Waals surface area (Å²) in [5.74, 6) is 1.04. The lowest BCUT2D eigenvalue weighted by atomic mass is 10.1. The molecule has 4 rings (SSSR count). The van der Waals surface area contributed by atoms with Gasteiger partial charge in [0, 0.05) is 16.0 Å². The van der Waals surface area contributed by atoms with E-state index in [-0.39, 0.29) is 10.7 Å². The Morgan fingerprint density at radius 3 is 2.38 bits per heavy atom. The first-order valence-electron chi connectivity index (χ1n) is 7.63. The number of Topliss-reactive ketones (excluding diaryl/α,β-unsaturated/α-hetero) is 1. The molecule has 0 atom stereocenters. The molecule has 7 heteroatoms. The molecule has 0 saturated carbocycles. The van der Waals surface area contributed by atoms with Crippen LogP contribution in [0.3, 0.4) is 0 Å². The second-order valence-corrected chi connectivity index (χ2v) is 8.14. The molecule has 2 aromatic carbocycles. The number of hydrogen-bond acceptors (Lipinski definition) is 5. The number of carbonyl (C=O) groups is 1. The van der Waals surface area contributed by atoms with E-state index in [0.717, 1.165) is 4.90 Å². The van der Waals surface area contributed by atoms with Crippen molar-refractivity contribution in [3.05, 3.63) is 76.9 Å². The van der Waals surface area contributed by atoms with Crippen molar-refractivity contribution in [2.45, 2.75) is 9.79 Å². The summed E-state index contributed by atoms with van der Waals surface area (Å²) in [7, 11) is -4.22. The van der Waals surface area contributed by atoms with Crippen LogP contribution in [-0.2, 0) is 10.1 Å². The van der Waals surface area contributed by atoms with Crippen LogP contribution in [0.15, 0.2) is 79.8 Å². The smallest absolute Gasteiger partial charge is 0.294 e. The van der Waals surface area contributed by atoms with Gasteiger partial charge < -0.3 is 4.42 Å². The standard InChI is InChI=1S/C19H12O5S2/c20-19-15-3-1-2-4-17(15)25-18(19)11-13-7-10-16(24-13)12-5-8-14(9-6-12)26(21,22)23/h1-11H,(H,21,22,23)/b18-11-. The Morgan fingerprint density at radius 1 is 0.962 bits per heavy atom. The van der Waals surface area contributed by atoms with Gasteiger partial charge in [-0.2, -0.15) is 8.42 Å². The number of carbonyl (C=O) groups excluding carboxylic acids is 1. The Morgan fingerprint density at radius 2 is 1.69 bits per heavy atom. The van der Waals surface area contributed by atoms with Gasteiger partial charge in [0.15, 0.2) is 0 Å². The molecule has 0 spiro atoms. The number of thioether (sulfide) groups is 1. The van der Waals surface area contributed by atoms with Gasteiger partial charge >= 0.3 is 0 Å². The molecule has 1 aromatic heterocycles. The molecule has 1 aliphatic heterocycles. The SMILES string of the molecule is O=C1/C(=C/c2ccc(-c3ccc(S(=O)(=O)O)cc3)o2)Sc2ccccc21. The van der Waals surface area contributed by atoms with Crippen molar-refractivity contribution in [3.63, 3.8) is 0 Å². The molecule has 0 unspecified atom stereocenters. The number of fused-ring (bicyclic) bond motifs is 1. The predicted octanol–water partition coefficient (Wildman–Crippen LogP) is 4.52. The lowest BCUT2D eigenvalue weighted by molar-refractivity contribution is 0.104. The number of rotatable bonds is 3. The highest BCUT2D eigenvalue weighted by atomic mass is 32.2. The first kappa shape index (κ1) is 16.8. The van der Waals surface area contributed by atoms with Crippen LogP contribution in [0.4, 0.5) is 0 Å². The van der Waals surface area contributed by atoms with E-state index >= 15 is 0 Å². The minimum absolute atomic E-state index is 0.0268. The number of allylic oxidation sites excluding steroid dienone is 1. The van der Waals surface area contributed by atoms with Gasteiger partial charge in [0.05, 0.1) is 9.80 Å². The zero-order chi connectivity index (χ0) is 18.3. The van der Waals surface area contributed by atoms with Crippen LogP contribution in [0.1, 0.15) is 16.1 Å². The fraction of sp³-hybridized carbons (Fsp3) is 0.